The summed E-state index contributed by atoms with van der Waals surface area (Å²) in [6.07, 6.45) is -0.477. The highest BCUT2D eigenvalue weighted by Crippen LogP contribution is 2.25. The van der Waals surface area contributed by atoms with Crippen molar-refractivity contribution in [2.75, 3.05) is 13.1 Å². The van der Waals surface area contributed by atoms with Crippen molar-refractivity contribution in [3.05, 3.63) is 35.4 Å². The predicted molar refractivity (Wildman–Crippen MR) is 84.9 cm³/mol. The van der Waals surface area contributed by atoms with Crippen LogP contribution in [0.5, 0.6) is 0 Å². The summed E-state index contributed by atoms with van der Waals surface area (Å²) in [5.74, 6) is -3.42. The van der Waals surface area contributed by atoms with Gasteiger partial charge in [-0.3, -0.25) is 14.9 Å². The van der Waals surface area contributed by atoms with Crippen LogP contribution in [0.2, 0.25) is 0 Å². The molecule has 0 aromatic heterocycles. The average molecular weight is 348 g/mol. The van der Waals surface area contributed by atoms with Crippen LogP contribution in [0.1, 0.15) is 29.3 Å². The van der Waals surface area contributed by atoms with Crippen LogP contribution < -0.4 is 16.0 Å². The Kier molecular flexibility index (Phi) is 6.90. The molecule has 1 aliphatic rings. The van der Waals surface area contributed by atoms with Gasteiger partial charge in [-0.2, -0.15) is 0 Å². The van der Waals surface area contributed by atoms with E-state index < -0.39 is 30.8 Å². The second kappa shape index (κ2) is 8.21. The van der Waals surface area contributed by atoms with Crippen LogP contribution in [0.15, 0.2) is 24.3 Å². The molecule has 128 valence electrons. The van der Waals surface area contributed by atoms with Gasteiger partial charge in [0.05, 0.1) is 12.6 Å². The van der Waals surface area contributed by atoms with Gasteiger partial charge in [-0.1, -0.05) is 12.1 Å². The fraction of sp³-hybridized carbons (Fsp3) is 0.467. The number of hydrogen-bond donors (Lipinski definition) is 3. The Balaban J connectivity index is 0.00000264. The van der Waals surface area contributed by atoms with E-state index in [0.717, 1.165) is 5.56 Å². The smallest absolute Gasteiger partial charge is 0.262 e. The minimum Gasteiger partial charge on any atom is -0.352 e. The van der Waals surface area contributed by atoms with Crippen molar-refractivity contribution >= 4 is 24.2 Å². The topological polar surface area (TPSA) is 70.2 Å². The molecule has 0 spiro atoms. The lowest BCUT2D eigenvalue weighted by atomic mass is 10.1. The molecule has 3 N–H and O–H groups in total. The lowest BCUT2D eigenvalue weighted by molar-refractivity contribution is -0.123. The Morgan fingerprint density at radius 3 is 2.43 bits per heavy atom. The summed E-state index contributed by atoms with van der Waals surface area (Å²) < 4.78 is 26.0. The summed E-state index contributed by atoms with van der Waals surface area (Å²) in [6, 6.07) is 5.91. The molecular weight excluding hydrogens is 328 g/mol. The molecule has 5 nitrogen and oxygen atoms in total. The first kappa shape index (κ1) is 19.3. The third kappa shape index (κ3) is 5.44. The van der Waals surface area contributed by atoms with Gasteiger partial charge in [-0.25, -0.2) is 8.78 Å². The third-order valence-electron chi connectivity index (χ3n) is 3.45. The lowest BCUT2D eigenvalue weighted by Gasteiger charge is -2.11. The Labute approximate surface area is 139 Å². The van der Waals surface area contributed by atoms with Crippen LogP contribution in [0.25, 0.3) is 0 Å². The maximum Gasteiger partial charge on any atom is 0.262 e. The molecule has 2 amide bonds. The van der Waals surface area contributed by atoms with Crippen LogP contribution in [-0.2, 0) is 11.3 Å². The van der Waals surface area contributed by atoms with Crippen LogP contribution >= 0.6 is 12.4 Å². The number of amides is 2. The van der Waals surface area contributed by atoms with E-state index in [1.165, 1.54) is 0 Å². The van der Waals surface area contributed by atoms with Gasteiger partial charge >= 0.3 is 0 Å². The molecule has 0 bridgehead atoms. The SMILES string of the molecule is CCNC(=O)c1ccc(CNC(=O)C2CC(F)(F)CN2)cc1.Cl. The highest BCUT2D eigenvalue weighted by Gasteiger charge is 2.42. The maximum absolute atomic E-state index is 13.0. The summed E-state index contributed by atoms with van der Waals surface area (Å²) in [5, 5.41) is 7.81. The summed E-state index contributed by atoms with van der Waals surface area (Å²) in [6.45, 7) is 2.16. The van der Waals surface area contributed by atoms with Crippen LogP contribution in [-0.4, -0.2) is 36.9 Å². The zero-order valence-electron chi connectivity index (χ0n) is 12.7. The molecule has 1 aromatic carbocycles. The zero-order chi connectivity index (χ0) is 16.2. The number of benzene rings is 1. The van der Waals surface area contributed by atoms with Crippen molar-refractivity contribution in [1.29, 1.82) is 0 Å². The first-order valence-corrected chi connectivity index (χ1v) is 7.17. The molecular formula is C15H20ClF2N3O2. The van der Waals surface area contributed by atoms with Gasteiger partial charge in [-0.05, 0) is 24.6 Å². The van der Waals surface area contributed by atoms with Gasteiger partial charge in [0.25, 0.3) is 11.8 Å². The van der Waals surface area contributed by atoms with E-state index in [1.807, 2.05) is 6.92 Å². The maximum atomic E-state index is 13.0. The van der Waals surface area contributed by atoms with Crippen molar-refractivity contribution in [3.63, 3.8) is 0 Å². The molecule has 1 unspecified atom stereocenters. The summed E-state index contributed by atoms with van der Waals surface area (Å²) in [7, 11) is 0. The molecule has 8 heteroatoms. The quantitative estimate of drug-likeness (QED) is 0.755. The first-order valence-electron chi connectivity index (χ1n) is 7.17. The second-order valence-electron chi connectivity index (χ2n) is 5.27. The van der Waals surface area contributed by atoms with Crippen LogP contribution in [0, 0.1) is 0 Å². The number of carbonyl (C=O) groups excluding carboxylic acids is 2. The molecule has 0 aliphatic carbocycles. The number of halogens is 3. The minimum atomic E-state index is -2.82. The Hall–Kier alpha value is -1.73. The molecule has 1 aromatic rings. The van der Waals surface area contributed by atoms with Crippen molar-refractivity contribution in [2.24, 2.45) is 0 Å². The largest absolute Gasteiger partial charge is 0.352 e. The standard InChI is InChI=1S/C15H19F2N3O2.ClH/c1-2-18-13(21)11-5-3-10(4-6-11)8-19-14(22)12-7-15(16,17)9-20-12;/h3-6,12,20H,2,7-9H2,1H3,(H,18,21)(H,19,22);1H. The van der Waals surface area contributed by atoms with E-state index in [9.17, 15) is 18.4 Å². The van der Waals surface area contributed by atoms with Gasteiger partial charge in [0, 0.05) is 25.1 Å². The van der Waals surface area contributed by atoms with Crippen molar-refractivity contribution < 1.29 is 18.4 Å². The van der Waals surface area contributed by atoms with E-state index in [0.29, 0.717) is 12.1 Å². The Bertz CT molecular complexity index is 552. The molecule has 1 aliphatic heterocycles. The second-order valence-corrected chi connectivity index (χ2v) is 5.27. The molecule has 2 rings (SSSR count). The number of carbonyl (C=O) groups is 2. The number of alkyl halides is 2. The van der Waals surface area contributed by atoms with Crippen LogP contribution in [0.4, 0.5) is 8.78 Å². The monoisotopic (exact) mass is 347 g/mol. The van der Waals surface area contributed by atoms with E-state index in [4.69, 9.17) is 0 Å². The average Bonchev–Trinajstić information content (AvgIpc) is 2.86. The van der Waals surface area contributed by atoms with Crippen molar-refractivity contribution in [3.8, 4) is 0 Å². The molecule has 0 saturated carbocycles. The fourth-order valence-electron chi connectivity index (χ4n) is 2.25. The Morgan fingerprint density at radius 1 is 1.26 bits per heavy atom. The van der Waals surface area contributed by atoms with Gasteiger partial charge in [0.1, 0.15) is 0 Å². The van der Waals surface area contributed by atoms with Crippen molar-refractivity contribution in [2.45, 2.75) is 31.9 Å². The van der Waals surface area contributed by atoms with Gasteiger partial charge in [-0.15, -0.1) is 12.4 Å². The summed E-state index contributed by atoms with van der Waals surface area (Å²) >= 11 is 0. The number of nitrogens with one attached hydrogen (secondary N) is 3. The summed E-state index contributed by atoms with van der Waals surface area (Å²) in [4.78, 5) is 23.4. The zero-order valence-corrected chi connectivity index (χ0v) is 13.5. The van der Waals surface area contributed by atoms with E-state index >= 15 is 0 Å². The lowest BCUT2D eigenvalue weighted by Crippen LogP contribution is -2.40. The number of rotatable bonds is 5. The molecule has 1 heterocycles. The van der Waals surface area contributed by atoms with E-state index in [1.54, 1.807) is 24.3 Å². The van der Waals surface area contributed by atoms with Gasteiger partial charge < -0.3 is 10.6 Å². The molecule has 1 fully saturated rings. The van der Waals surface area contributed by atoms with E-state index in [-0.39, 0.29) is 24.9 Å². The molecule has 1 saturated heterocycles. The number of hydrogen-bond acceptors (Lipinski definition) is 3. The fourth-order valence-corrected chi connectivity index (χ4v) is 2.25. The third-order valence-corrected chi connectivity index (χ3v) is 3.45. The predicted octanol–water partition coefficient (Wildman–Crippen LogP) is 1.47. The molecule has 1 atom stereocenters. The first-order chi connectivity index (χ1) is 10.4. The normalized spacial score (nSPS) is 18.8. The minimum absolute atomic E-state index is 0. The Morgan fingerprint density at radius 2 is 1.91 bits per heavy atom. The van der Waals surface area contributed by atoms with Gasteiger partial charge in [0.2, 0.25) is 5.91 Å². The van der Waals surface area contributed by atoms with E-state index in [2.05, 4.69) is 16.0 Å². The molecule has 0 radical (unpaired) electrons. The highest BCUT2D eigenvalue weighted by atomic mass is 35.5. The van der Waals surface area contributed by atoms with Crippen LogP contribution in [0.3, 0.4) is 0 Å². The van der Waals surface area contributed by atoms with Gasteiger partial charge in [0.15, 0.2) is 0 Å². The molecule has 23 heavy (non-hydrogen) atoms. The summed E-state index contributed by atoms with van der Waals surface area (Å²) in [5.41, 5.74) is 1.33. The van der Waals surface area contributed by atoms with Crippen molar-refractivity contribution in [1.82, 2.24) is 16.0 Å². The highest BCUT2D eigenvalue weighted by molar-refractivity contribution is 5.94.